The maximum atomic E-state index is 12.0. The van der Waals surface area contributed by atoms with Crippen LogP contribution in [-0.2, 0) is 16.1 Å². The summed E-state index contributed by atoms with van der Waals surface area (Å²) in [5, 5.41) is 0.130. The number of benzene rings is 1. The van der Waals surface area contributed by atoms with Gasteiger partial charge in [-0.25, -0.2) is 0 Å². The molecule has 4 heteroatoms. The van der Waals surface area contributed by atoms with Crippen LogP contribution in [-0.4, -0.2) is 28.2 Å². The molecule has 1 fully saturated rings. The first-order valence-electron chi connectivity index (χ1n) is 7.45. The average molecular weight is 305 g/mol. The van der Waals surface area contributed by atoms with E-state index >= 15 is 0 Å². The lowest BCUT2D eigenvalue weighted by Gasteiger charge is -2.17. The standard InChI is InChI=1S/C17H23NO2S/c1-12(2)16-6-4-14(5-7-16)9-18-10-15(8-17(18)20)11-21-13(3)19/h4-7,12,15H,8-11H2,1-3H3. The van der Waals surface area contributed by atoms with E-state index in [1.54, 1.807) is 6.92 Å². The molecule has 1 amide bonds. The molecule has 2 rings (SSSR count). The van der Waals surface area contributed by atoms with Crippen molar-refractivity contribution in [2.24, 2.45) is 5.92 Å². The number of carbonyl (C=O) groups is 2. The Labute approximate surface area is 131 Å². The van der Waals surface area contributed by atoms with Crippen LogP contribution in [0.15, 0.2) is 24.3 Å². The van der Waals surface area contributed by atoms with Gasteiger partial charge in [-0.3, -0.25) is 9.59 Å². The molecule has 0 aromatic heterocycles. The molecule has 1 aliphatic rings. The van der Waals surface area contributed by atoms with Gasteiger partial charge in [0.15, 0.2) is 5.12 Å². The fourth-order valence-corrected chi connectivity index (χ4v) is 3.28. The molecule has 1 aliphatic heterocycles. The Kier molecular flexibility index (Phi) is 5.45. The summed E-state index contributed by atoms with van der Waals surface area (Å²) < 4.78 is 0. The Morgan fingerprint density at radius 2 is 2.00 bits per heavy atom. The van der Waals surface area contributed by atoms with Gasteiger partial charge in [-0.2, -0.15) is 0 Å². The number of hydrogen-bond acceptors (Lipinski definition) is 3. The van der Waals surface area contributed by atoms with Gasteiger partial charge in [-0.15, -0.1) is 0 Å². The zero-order valence-electron chi connectivity index (χ0n) is 13.0. The highest BCUT2D eigenvalue weighted by Crippen LogP contribution is 2.24. The summed E-state index contributed by atoms with van der Waals surface area (Å²) >= 11 is 1.33. The smallest absolute Gasteiger partial charge is 0.223 e. The summed E-state index contributed by atoms with van der Waals surface area (Å²) in [5.74, 6) is 1.79. The first kappa shape index (κ1) is 16.1. The van der Waals surface area contributed by atoms with E-state index in [0.29, 0.717) is 24.8 Å². The second-order valence-electron chi connectivity index (χ2n) is 6.04. The molecule has 0 radical (unpaired) electrons. The molecular formula is C17H23NO2S. The first-order chi connectivity index (χ1) is 9.95. The fraction of sp³-hybridized carbons (Fsp3) is 0.529. The molecule has 0 bridgehead atoms. The highest BCUT2D eigenvalue weighted by atomic mass is 32.2. The van der Waals surface area contributed by atoms with Crippen molar-refractivity contribution < 1.29 is 9.59 Å². The first-order valence-corrected chi connectivity index (χ1v) is 8.44. The third kappa shape index (κ3) is 4.60. The maximum Gasteiger partial charge on any atom is 0.223 e. The molecule has 21 heavy (non-hydrogen) atoms. The summed E-state index contributed by atoms with van der Waals surface area (Å²) in [6.07, 6.45) is 0.574. The number of likely N-dealkylation sites (tertiary alicyclic amines) is 1. The molecule has 0 saturated carbocycles. The molecule has 1 saturated heterocycles. The van der Waals surface area contributed by atoms with Gasteiger partial charge in [-0.05, 0) is 23.0 Å². The minimum absolute atomic E-state index is 0.130. The third-order valence-corrected chi connectivity index (χ3v) is 4.88. The number of rotatable bonds is 5. The molecule has 0 N–H and O–H groups in total. The molecule has 1 aromatic rings. The summed E-state index contributed by atoms with van der Waals surface area (Å²) in [4.78, 5) is 25.0. The van der Waals surface area contributed by atoms with E-state index in [0.717, 1.165) is 12.3 Å². The van der Waals surface area contributed by atoms with Crippen LogP contribution < -0.4 is 0 Å². The van der Waals surface area contributed by atoms with Crippen LogP contribution in [0.25, 0.3) is 0 Å². The zero-order valence-corrected chi connectivity index (χ0v) is 13.8. The van der Waals surface area contributed by atoms with Crippen LogP contribution in [0.3, 0.4) is 0 Å². The van der Waals surface area contributed by atoms with Crippen LogP contribution in [0.4, 0.5) is 0 Å². The van der Waals surface area contributed by atoms with E-state index in [1.807, 2.05) is 4.90 Å². The van der Waals surface area contributed by atoms with Crippen molar-refractivity contribution in [3.8, 4) is 0 Å². The molecule has 3 nitrogen and oxygen atoms in total. The summed E-state index contributed by atoms with van der Waals surface area (Å²) in [7, 11) is 0. The molecule has 0 aliphatic carbocycles. The van der Waals surface area contributed by atoms with Crippen molar-refractivity contribution in [3.05, 3.63) is 35.4 Å². The zero-order chi connectivity index (χ0) is 15.4. The Balaban J connectivity index is 1.90. The average Bonchev–Trinajstić information content (AvgIpc) is 2.78. The minimum Gasteiger partial charge on any atom is -0.338 e. The third-order valence-electron chi connectivity index (χ3n) is 3.84. The lowest BCUT2D eigenvalue weighted by atomic mass is 10.0. The van der Waals surface area contributed by atoms with Crippen LogP contribution in [0.5, 0.6) is 0 Å². The van der Waals surface area contributed by atoms with Gasteiger partial charge >= 0.3 is 0 Å². The van der Waals surface area contributed by atoms with Crippen LogP contribution in [0, 0.1) is 5.92 Å². The highest BCUT2D eigenvalue weighted by molar-refractivity contribution is 8.13. The van der Waals surface area contributed by atoms with Crippen molar-refractivity contribution in [1.29, 1.82) is 0 Å². The number of thioether (sulfide) groups is 1. The fourth-order valence-electron chi connectivity index (χ4n) is 2.58. The van der Waals surface area contributed by atoms with Gasteiger partial charge in [0.1, 0.15) is 0 Å². The summed E-state index contributed by atoms with van der Waals surface area (Å²) in [5.41, 5.74) is 2.50. The van der Waals surface area contributed by atoms with Gasteiger partial charge < -0.3 is 4.90 Å². The Bertz CT molecular complexity index is 510. The lowest BCUT2D eigenvalue weighted by molar-refractivity contribution is -0.128. The predicted molar refractivity (Wildman–Crippen MR) is 87.2 cm³/mol. The van der Waals surface area contributed by atoms with E-state index in [-0.39, 0.29) is 11.0 Å². The normalized spacial score (nSPS) is 18.6. The largest absolute Gasteiger partial charge is 0.338 e. The number of amides is 1. The van der Waals surface area contributed by atoms with Gasteiger partial charge in [0.05, 0.1) is 0 Å². The Morgan fingerprint density at radius 1 is 1.33 bits per heavy atom. The van der Waals surface area contributed by atoms with E-state index < -0.39 is 0 Å². The van der Waals surface area contributed by atoms with Crippen LogP contribution in [0.1, 0.15) is 44.2 Å². The van der Waals surface area contributed by atoms with E-state index in [1.165, 1.54) is 22.9 Å². The van der Waals surface area contributed by atoms with Crippen molar-refractivity contribution in [3.63, 3.8) is 0 Å². The second kappa shape index (κ2) is 7.12. The lowest BCUT2D eigenvalue weighted by Crippen LogP contribution is -2.24. The molecule has 1 aromatic carbocycles. The predicted octanol–water partition coefficient (Wildman–Crippen LogP) is 3.44. The quantitative estimate of drug-likeness (QED) is 0.836. The maximum absolute atomic E-state index is 12.0. The second-order valence-corrected chi connectivity index (χ2v) is 7.24. The molecule has 0 spiro atoms. The van der Waals surface area contributed by atoms with Crippen LogP contribution >= 0.6 is 11.8 Å². The summed E-state index contributed by atoms with van der Waals surface area (Å²) in [6, 6.07) is 8.51. The van der Waals surface area contributed by atoms with Crippen LogP contribution in [0.2, 0.25) is 0 Å². The number of carbonyl (C=O) groups excluding carboxylic acids is 2. The monoisotopic (exact) mass is 305 g/mol. The number of hydrogen-bond donors (Lipinski definition) is 0. The molecule has 1 heterocycles. The van der Waals surface area contributed by atoms with E-state index in [9.17, 15) is 9.59 Å². The summed E-state index contributed by atoms with van der Waals surface area (Å²) in [6.45, 7) is 7.38. The Hall–Kier alpha value is -1.29. The van der Waals surface area contributed by atoms with Gasteiger partial charge in [0.25, 0.3) is 0 Å². The van der Waals surface area contributed by atoms with Gasteiger partial charge in [0.2, 0.25) is 5.91 Å². The van der Waals surface area contributed by atoms with Gasteiger partial charge in [-0.1, -0.05) is 49.9 Å². The van der Waals surface area contributed by atoms with Crippen molar-refractivity contribution in [1.82, 2.24) is 4.90 Å². The number of nitrogens with zero attached hydrogens (tertiary/aromatic N) is 1. The van der Waals surface area contributed by atoms with E-state index in [4.69, 9.17) is 0 Å². The highest BCUT2D eigenvalue weighted by Gasteiger charge is 2.29. The SMILES string of the molecule is CC(=O)SCC1CC(=O)N(Cc2ccc(C(C)C)cc2)C1. The molecule has 1 unspecified atom stereocenters. The molecule has 114 valence electrons. The molecular weight excluding hydrogens is 282 g/mol. The van der Waals surface area contributed by atoms with Gasteiger partial charge in [0, 0.05) is 32.2 Å². The van der Waals surface area contributed by atoms with E-state index in [2.05, 4.69) is 38.1 Å². The van der Waals surface area contributed by atoms with Crippen molar-refractivity contribution in [2.45, 2.75) is 39.7 Å². The van der Waals surface area contributed by atoms with Crippen molar-refractivity contribution in [2.75, 3.05) is 12.3 Å². The Morgan fingerprint density at radius 3 is 2.57 bits per heavy atom. The topological polar surface area (TPSA) is 37.4 Å². The molecule has 1 atom stereocenters. The minimum atomic E-state index is 0.130. The van der Waals surface area contributed by atoms with Crippen molar-refractivity contribution >= 4 is 22.8 Å².